The number of nitrogens with zero attached hydrogens (tertiary/aromatic N) is 2. The van der Waals surface area contributed by atoms with E-state index in [1.165, 1.54) is 31.2 Å². The molecule has 2 aliphatic rings. The summed E-state index contributed by atoms with van der Waals surface area (Å²) < 4.78 is 12.5. The van der Waals surface area contributed by atoms with E-state index in [9.17, 15) is 0 Å². The maximum absolute atomic E-state index is 7.02. The highest BCUT2D eigenvalue weighted by molar-refractivity contribution is 8.10. The fourth-order valence-electron chi connectivity index (χ4n) is 4.81. The Morgan fingerprint density at radius 2 is 1.38 bits per heavy atom. The van der Waals surface area contributed by atoms with Crippen LogP contribution in [0.15, 0.2) is 30.3 Å². The molecule has 1 aromatic carbocycles. The molecule has 164 valence electrons. The van der Waals surface area contributed by atoms with E-state index in [1.807, 2.05) is 0 Å². The Bertz CT molecular complexity index is 699. The zero-order valence-electron chi connectivity index (χ0n) is 19.5. The summed E-state index contributed by atoms with van der Waals surface area (Å²) in [6.45, 7) is 14.8. The minimum Gasteiger partial charge on any atom is -0.319 e. The molecule has 7 heteroatoms. The van der Waals surface area contributed by atoms with Gasteiger partial charge in [0.15, 0.2) is 0 Å². The Labute approximate surface area is 186 Å². The third kappa shape index (κ3) is 5.71. The highest BCUT2D eigenvalue weighted by Crippen LogP contribution is 2.66. The maximum atomic E-state index is 7.02. The second kappa shape index (κ2) is 8.97. The summed E-state index contributed by atoms with van der Waals surface area (Å²) in [6.07, 6.45) is 7.62. The van der Waals surface area contributed by atoms with Crippen molar-refractivity contribution in [2.75, 3.05) is 12.3 Å². The van der Waals surface area contributed by atoms with Crippen LogP contribution in [0.2, 0.25) is 39.3 Å². The van der Waals surface area contributed by atoms with Crippen molar-refractivity contribution in [3.8, 4) is 0 Å². The molecule has 0 unspecified atom stereocenters. The van der Waals surface area contributed by atoms with E-state index in [0.717, 1.165) is 12.3 Å². The van der Waals surface area contributed by atoms with Crippen LogP contribution in [0.1, 0.15) is 44.3 Å². The van der Waals surface area contributed by atoms with Gasteiger partial charge in [-0.15, -0.1) is 0 Å². The second-order valence-electron chi connectivity index (χ2n) is 11.4. The molecule has 1 aliphatic heterocycles. The average Bonchev–Trinajstić information content (AvgIpc) is 2.83. The fraction of sp³-hybridized carbons (Fsp3) is 0.727. The van der Waals surface area contributed by atoms with Gasteiger partial charge in [0.2, 0.25) is 6.57 Å². The zero-order valence-corrected chi connectivity index (χ0v) is 23.2. The van der Waals surface area contributed by atoms with E-state index in [-0.39, 0.29) is 6.10 Å². The van der Waals surface area contributed by atoms with Crippen LogP contribution in [0.3, 0.4) is 0 Å². The lowest BCUT2D eigenvalue weighted by molar-refractivity contribution is 0.218. The SMILES string of the molecule is C[C@@H](OP1(=S)N(C[Si](C)(C)C)[C@@H]2CCCC[C@H]2N1C[Si](C)(C)C)c1ccccc1. The maximum Gasteiger partial charge on any atom is 0.204 e. The molecular formula is C22H41N2OPSSi2. The smallest absolute Gasteiger partial charge is 0.204 e. The van der Waals surface area contributed by atoms with E-state index < -0.39 is 22.7 Å². The van der Waals surface area contributed by atoms with Crippen molar-refractivity contribution in [3.63, 3.8) is 0 Å². The summed E-state index contributed by atoms with van der Waals surface area (Å²) in [5.41, 5.74) is 1.24. The molecule has 29 heavy (non-hydrogen) atoms. The van der Waals surface area contributed by atoms with Gasteiger partial charge in [0.25, 0.3) is 0 Å². The average molecular weight is 469 g/mol. The van der Waals surface area contributed by atoms with Crippen LogP contribution >= 0.6 is 6.57 Å². The zero-order chi connectivity index (χ0) is 21.4. The van der Waals surface area contributed by atoms with E-state index >= 15 is 0 Å². The van der Waals surface area contributed by atoms with Crippen molar-refractivity contribution in [2.45, 2.75) is 90.1 Å². The number of fused-ring (bicyclic) bond motifs is 1. The van der Waals surface area contributed by atoms with Crippen molar-refractivity contribution in [1.29, 1.82) is 0 Å². The standard InChI is InChI=1S/C22H41N2OPSSi2/c1-19(20-13-9-8-10-14-20)25-26(27)23(17-28(2,3)4)21-15-11-12-16-22(21)24(26)18-29(5,6)7/h8-10,13-14,19,21-22H,11-12,15-18H2,1-7H3/t19-,21-,22-/m1/s1. The van der Waals surface area contributed by atoms with Gasteiger partial charge in [0, 0.05) is 24.4 Å². The highest BCUT2D eigenvalue weighted by atomic mass is 32.5. The van der Waals surface area contributed by atoms with Crippen LogP contribution < -0.4 is 0 Å². The summed E-state index contributed by atoms with van der Waals surface area (Å²) in [6, 6.07) is 11.9. The molecule has 1 saturated heterocycles. The van der Waals surface area contributed by atoms with Gasteiger partial charge in [0.1, 0.15) is 0 Å². The molecule has 3 atom stereocenters. The van der Waals surface area contributed by atoms with Crippen LogP contribution in [0.25, 0.3) is 0 Å². The van der Waals surface area contributed by atoms with Gasteiger partial charge in [-0.1, -0.05) is 82.5 Å². The third-order valence-corrected chi connectivity index (χ3v) is 13.3. The fourth-order valence-corrected chi connectivity index (χ4v) is 15.7. The molecule has 0 amide bonds. The lowest BCUT2D eigenvalue weighted by Crippen LogP contribution is -2.46. The van der Waals surface area contributed by atoms with E-state index in [0.29, 0.717) is 12.1 Å². The number of hydrogen-bond donors (Lipinski definition) is 0. The molecule has 0 aromatic heterocycles. The molecule has 2 fully saturated rings. The minimum absolute atomic E-state index is 0.0375. The van der Waals surface area contributed by atoms with Gasteiger partial charge < -0.3 is 4.52 Å². The predicted octanol–water partition coefficient (Wildman–Crippen LogP) is 6.67. The van der Waals surface area contributed by atoms with Crippen LogP contribution in [-0.2, 0) is 16.3 Å². The second-order valence-corrected chi connectivity index (χ2v) is 25.9. The first-order valence-electron chi connectivity index (χ1n) is 11.3. The molecule has 0 radical (unpaired) electrons. The highest BCUT2D eigenvalue weighted by Gasteiger charge is 2.55. The summed E-state index contributed by atoms with van der Waals surface area (Å²) in [5.74, 6) is 0. The largest absolute Gasteiger partial charge is 0.319 e. The summed E-state index contributed by atoms with van der Waals surface area (Å²) in [5, 5.41) is 0. The van der Waals surface area contributed by atoms with Gasteiger partial charge in [-0.3, -0.25) is 0 Å². The van der Waals surface area contributed by atoms with E-state index in [2.05, 4.69) is 85.9 Å². The van der Waals surface area contributed by atoms with Crippen molar-refractivity contribution in [3.05, 3.63) is 35.9 Å². The summed E-state index contributed by atoms with van der Waals surface area (Å²) >= 11 is 6.62. The molecular weight excluding hydrogens is 427 g/mol. The molecule has 0 N–H and O–H groups in total. The van der Waals surface area contributed by atoms with Crippen LogP contribution in [0.5, 0.6) is 0 Å². The summed E-state index contributed by atoms with van der Waals surface area (Å²) in [7, 11) is -2.63. The van der Waals surface area contributed by atoms with E-state index in [1.54, 1.807) is 0 Å². The van der Waals surface area contributed by atoms with Crippen LogP contribution in [0, 0.1) is 0 Å². The van der Waals surface area contributed by atoms with Crippen LogP contribution in [-0.4, -0.2) is 49.9 Å². The quantitative estimate of drug-likeness (QED) is 0.328. The number of hydrogen-bond acceptors (Lipinski definition) is 2. The number of benzene rings is 1. The minimum atomic E-state index is -2.24. The van der Waals surface area contributed by atoms with Crippen molar-refractivity contribution in [2.24, 2.45) is 0 Å². The first-order chi connectivity index (χ1) is 13.4. The molecule has 3 nitrogen and oxygen atoms in total. The van der Waals surface area contributed by atoms with Gasteiger partial charge >= 0.3 is 0 Å². The van der Waals surface area contributed by atoms with Gasteiger partial charge in [-0.2, -0.15) is 0 Å². The molecule has 1 aromatic rings. The number of rotatable bonds is 7. The van der Waals surface area contributed by atoms with Crippen molar-refractivity contribution >= 4 is 34.5 Å². The monoisotopic (exact) mass is 468 g/mol. The molecule has 0 spiro atoms. The molecule has 1 heterocycles. The lowest BCUT2D eigenvalue weighted by atomic mass is 9.90. The predicted molar refractivity (Wildman–Crippen MR) is 136 cm³/mol. The third-order valence-electron chi connectivity index (χ3n) is 5.95. The Kier molecular flexibility index (Phi) is 7.37. The normalized spacial score (nSPS) is 27.0. The summed E-state index contributed by atoms with van der Waals surface area (Å²) in [4.78, 5) is 0. The van der Waals surface area contributed by atoms with E-state index in [4.69, 9.17) is 16.3 Å². The Morgan fingerprint density at radius 1 is 0.931 bits per heavy atom. The van der Waals surface area contributed by atoms with Crippen molar-refractivity contribution in [1.82, 2.24) is 9.34 Å². The Morgan fingerprint density at radius 3 is 1.79 bits per heavy atom. The van der Waals surface area contributed by atoms with Gasteiger partial charge in [0.05, 0.1) is 22.3 Å². The Hall–Kier alpha value is 0.184. The first kappa shape index (κ1) is 23.8. The van der Waals surface area contributed by atoms with Gasteiger partial charge in [-0.05, 0) is 37.1 Å². The molecule has 1 saturated carbocycles. The van der Waals surface area contributed by atoms with Crippen LogP contribution in [0.4, 0.5) is 0 Å². The molecule has 0 bridgehead atoms. The van der Waals surface area contributed by atoms with Crippen molar-refractivity contribution < 1.29 is 4.52 Å². The Balaban J connectivity index is 2.00. The molecule has 3 rings (SSSR count). The van der Waals surface area contributed by atoms with Gasteiger partial charge in [-0.25, -0.2) is 9.34 Å². The topological polar surface area (TPSA) is 15.7 Å². The lowest BCUT2D eigenvalue weighted by Gasteiger charge is -2.40. The first-order valence-corrected chi connectivity index (χ1v) is 21.3. The molecule has 1 aliphatic carbocycles.